The molecule has 2 aliphatic rings. The molecule has 2 nitrogen and oxygen atoms in total. The second-order valence-electron chi connectivity index (χ2n) is 6.45. The molecule has 0 aliphatic carbocycles. The van der Waals surface area contributed by atoms with E-state index in [4.69, 9.17) is 5.73 Å². The van der Waals surface area contributed by atoms with Crippen molar-refractivity contribution in [3.8, 4) is 0 Å². The van der Waals surface area contributed by atoms with E-state index in [0.29, 0.717) is 5.41 Å². The first-order valence-electron chi connectivity index (χ1n) is 6.54. The van der Waals surface area contributed by atoms with Crippen molar-refractivity contribution in [1.82, 2.24) is 4.90 Å². The van der Waals surface area contributed by atoms with E-state index in [1.54, 1.807) is 0 Å². The quantitative estimate of drug-likeness (QED) is 0.806. The minimum absolute atomic E-state index is 0.280. The third kappa shape index (κ3) is 2.27. The van der Waals surface area contributed by atoms with Crippen LogP contribution in [0.2, 0.25) is 0 Å². The van der Waals surface area contributed by atoms with E-state index >= 15 is 0 Å². The molecule has 2 unspecified atom stereocenters. The van der Waals surface area contributed by atoms with Gasteiger partial charge in [-0.1, -0.05) is 13.8 Å². The summed E-state index contributed by atoms with van der Waals surface area (Å²) in [7, 11) is 0. The zero-order chi connectivity index (χ0) is 11.8. The maximum absolute atomic E-state index is 6.15. The van der Waals surface area contributed by atoms with Gasteiger partial charge in [0.15, 0.2) is 0 Å². The lowest BCUT2D eigenvalue weighted by Gasteiger charge is -2.50. The Hall–Kier alpha value is 0.270. The van der Waals surface area contributed by atoms with E-state index in [2.05, 4.69) is 37.4 Å². The molecule has 2 saturated heterocycles. The molecule has 0 radical (unpaired) electrons. The van der Waals surface area contributed by atoms with Crippen LogP contribution in [0.3, 0.4) is 0 Å². The maximum atomic E-state index is 6.15. The van der Waals surface area contributed by atoms with Crippen molar-refractivity contribution in [3.05, 3.63) is 0 Å². The topological polar surface area (TPSA) is 29.3 Å². The highest BCUT2D eigenvalue weighted by molar-refractivity contribution is 7.99. The van der Waals surface area contributed by atoms with Gasteiger partial charge in [-0.2, -0.15) is 11.8 Å². The summed E-state index contributed by atoms with van der Waals surface area (Å²) in [5, 5.41) is 0. The van der Waals surface area contributed by atoms with E-state index in [1.165, 1.54) is 37.3 Å². The van der Waals surface area contributed by atoms with Crippen molar-refractivity contribution in [3.63, 3.8) is 0 Å². The Bertz CT molecular complexity index is 254. The fourth-order valence-electron chi connectivity index (χ4n) is 3.58. The molecule has 2 atom stereocenters. The Morgan fingerprint density at radius 1 is 1.38 bits per heavy atom. The summed E-state index contributed by atoms with van der Waals surface area (Å²) >= 11 is 2.10. The van der Waals surface area contributed by atoms with Gasteiger partial charge in [0.1, 0.15) is 0 Å². The van der Waals surface area contributed by atoms with Crippen molar-refractivity contribution in [2.75, 3.05) is 24.6 Å². The van der Waals surface area contributed by atoms with Crippen LogP contribution in [0.25, 0.3) is 0 Å². The van der Waals surface area contributed by atoms with Gasteiger partial charge in [0.2, 0.25) is 0 Å². The fraction of sp³-hybridized carbons (Fsp3) is 1.00. The van der Waals surface area contributed by atoms with Gasteiger partial charge < -0.3 is 5.73 Å². The third-order valence-corrected chi connectivity index (χ3v) is 5.94. The van der Waals surface area contributed by atoms with Crippen LogP contribution < -0.4 is 5.73 Å². The second kappa shape index (κ2) is 4.51. The zero-order valence-electron chi connectivity index (χ0n) is 11.0. The lowest BCUT2D eigenvalue weighted by atomic mass is 9.78. The molecule has 2 fully saturated rings. The van der Waals surface area contributed by atoms with E-state index < -0.39 is 0 Å². The molecule has 2 aliphatic heterocycles. The summed E-state index contributed by atoms with van der Waals surface area (Å²) in [5.74, 6) is 2.52. The van der Waals surface area contributed by atoms with E-state index in [1.807, 2.05) is 0 Å². The standard InChI is InChI=1S/C13H26N2S/c1-11-5-4-6-15(11)13(8-14)7-12(2,3)9-16-10-13/h11H,4-10,14H2,1-3H3. The first-order valence-corrected chi connectivity index (χ1v) is 7.69. The lowest BCUT2D eigenvalue weighted by molar-refractivity contribution is 0.0631. The van der Waals surface area contributed by atoms with Gasteiger partial charge in [0.05, 0.1) is 0 Å². The van der Waals surface area contributed by atoms with E-state index in [0.717, 1.165) is 12.6 Å². The van der Waals surface area contributed by atoms with Crippen LogP contribution in [-0.2, 0) is 0 Å². The Balaban J connectivity index is 2.18. The summed E-state index contributed by atoms with van der Waals surface area (Å²) in [5.41, 5.74) is 6.88. The van der Waals surface area contributed by atoms with Gasteiger partial charge in [-0.15, -0.1) is 0 Å². The average molecular weight is 242 g/mol. The number of nitrogens with zero attached hydrogens (tertiary/aromatic N) is 1. The lowest BCUT2D eigenvalue weighted by Crippen LogP contribution is -2.60. The number of hydrogen-bond donors (Lipinski definition) is 1. The van der Waals surface area contributed by atoms with Crippen LogP contribution in [0, 0.1) is 5.41 Å². The van der Waals surface area contributed by atoms with Gasteiger partial charge in [-0.05, 0) is 43.9 Å². The van der Waals surface area contributed by atoms with Gasteiger partial charge in [0, 0.05) is 23.9 Å². The van der Waals surface area contributed by atoms with Gasteiger partial charge in [0.25, 0.3) is 0 Å². The minimum Gasteiger partial charge on any atom is -0.329 e. The van der Waals surface area contributed by atoms with E-state index in [9.17, 15) is 0 Å². The minimum atomic E-state index is 0.280. The highest BCUT2D eigenvalue weighted by Gasteiger charge is 2.46. The second-order valence-corrected chi connectivity index (χ2v) is 7.43. The highest BCUT2D eigenvalue weighted by Crippen LogP contribution is 2.43. The number of hydrogen-bond acceptors (Lipinski definition) is 3. The van der Waals surface area contributed by atoms with Crippen molar-refractivity contribution >= 4 is 11.8 Å². The number of nitrogens with two attached hydrogens (primary N) is 1. The molecule has 94 valence electrons. The average Bonchev–Trinajstić information content (AvgIpc) is 2.63. The smallest absolute Gasteiger partial charge is 0.0430 e. The summed E-state index contributed by atoms with van der Waals surface area (Å²) in [6.07, 6.45) is 3.98. The monoisotopic (exact) mass is 242 g/mol. The summed E-state index contributed by atoms with van der Waals surface area (Å²) in [6, 6.07) is 0.734. The number of thioether (sulfide) groups is 1. The predicted octanol–water partition coefficient (Wildman–Crippen LogP) is 2.33. The Morgan fingerprint density at radius 2 is 2.12 bits per heavy atom. The third-order valence-electron chi connectivity index (χ3n) is 4.21. The molecule has 16 heavy (non-hydrogen) atoms. The molecule has 2 N–H and O–H groups in total. The van der Waals surface area contributed by atoms with Gasteiger partial charge in [-0.3, -0.25) is 4.90 Å². The summed E-state index contributed by atoms with van der Waals surface area (Å²) < 4.78 is 0. The SMILES string of the molecule is CC1CCCN1C1(CN)CSCC(C)(C)C1. The van der Waals surface area contributed by atoms with E-state index in [-0.39, 0.29) is 5.54 Å². The molecule has 0 aromatic heterocycles. The summed E-state index contributed by atoms with van der Waals surface area (Å²) in [4.78, 5) is 2.71. The van der Waals surface area contributed by atoms with Crippen LogP contribution in [0.1, 0.15) is 40.0 Å². The van der Waals surface area contributed by atoms with Crippen LogP contribution in [0.5, 0.6) is 0 Å². The molecule has 2 heterocycles. The molecule has 0 saturated carbocycles. The number of rotatable bonds is 2. The van der Waals surface area contributed by atoms with Crippen molar-refractivity contribution < 1.29 is 0 Å². The molecule has 0 bridgehead atoms. The highest BCUT2D eigenvalue weighted by atomic mass is 32.2. The molecular formula is C13H26N2S. The molecule has 0 amide bonds. The molecular weight excluding hydrogens is 216 g/mol. The largest absolute Gasteiger partial charge is 0.329 e. The van der Waals surface area contributed by atoms with Gasteiger partial charge >= 0.3 is 0 Å². The summed E-state index contributed by atoms with van der Waals surface area (Å²) in [6.45, 7) is 9.24. The molecule has 2 rings (SSSR count). The Kier molecular flexibility index (Phi) is 3.58. The van der Waals surface area contributed by atoms with Crippen LogP contribution in [0.15, 0.2) is 0 Å². The normalized spacial score (nSPS) is 40.1. The van der Waals surface area contributed by atoms with Crippen LogP contribution in [0.4, 0.5) is 0 Å². The van der Waals surface area contributed by atoms with Gasteiger partial charge in [-0.25, -0.2) is 0 Å². The molecule has 0 aromatic carbocycles. The van der Waals surface area contributed by atoms with Crippen molar-refractivity contribution in [2.45, 2.75) is 51.6 Å². The molecule has 0 aromatic rings. The van der Waals surface area contributed by atoms with Crippen molar-refractivity contribution in [2.24, 2.45) is 11.1 Å². The zero-order valence-corrected chi connectivity index (χ0v) is 11.8. The maximum Gasteiger partial charge on any atom is 0.0430 e. The van der Waals surface area contributed by atoms with Crippen LogP contribution >= 0.6 is 11.8 Å². The fourth-order valence-corrected chi connectivity index (χ4v) is 5.10. The Morgan fingerprint density at radius 3 is 2.62 bits per heavy atom. The first kappa shape index (κ1) is 12.7. The molecule has 3 heteroatoms. The Labute approximate surface area is 104 Å². The first-order chi connectivity index (χ1) is 7.49. The number of likely N-dealkylation sites (tertiary alicyclic amines) is 1. The molecule has 0 spiro atoms. The van der Waals surface area contributed by atoms with Crippen molar-refractivity contribution in [1.29, 1.82) is 0 Å². The van der Waals surface area contributed by atoms with Crippen LogP contribution in [-0.4, -0.2) is 41.1 Å². The predicted molar refractivity (Wildman–Crippen MR) is 72.9 cm³/mol.